The Balaban J connectivity index is 1.66. The SMILES string of the molecule is CCOC(=O)N1CCN([C@H](c2ccc(OC)cc2)c2sc3nc(CC)nn3c2O)CC1. The largest absolute Gasteiger partial charge is 0.497 e. The van der Waals surface area contributed by atoms with E-state index in [4.69, 9.17) is 9.47 Å². The summed E-state index contributed by atoms with van der Waals surface area (Å²) >= 11 is 1.44. The Morgan fingerprint density at radius 1 is 1.19 bits per heavy atom. The molecule has 2 aromatic heterocycles. The zero-order chi connectivity index (χ0) is 22.0. The maximum atomic E-state index is 12.1. The van der Waals surface area contributed by atoms with Crippen molar-refractivity contribution in [2.75, 3.05) is 39.9 Å². The van der Waals surface area contributed by atoms with Crippen molar-refractivity contribution in [3.05, 3.63) is 40.5 Å². The highest BCUT2D eigenvalue weighted by Gasteiger charge is 2.33. The molecule has 0 radical (unpaired) electrons. The third kappa shape index (κ3) is 4.17. The van der Waals surface area contributed by atoms with Gasteiger partial charge in [0.05, 0.1) is 24.6 Å². The van der Waals surface area contributed by atoms with Crippen molar-refractivity contribution in [2.45, 2.75) is 26.3 Å². The van der Waals surface area contributed by atoms with Gasteiger partial charge in [-0.3, -0.25) is 4.90 Å². The molecule has 0 saturated carbocycles. The third-order valence-corrected chi connectivity index (χ3v) is 6.52. The highest BCUT2D eigenvalue weighted by Crippen LogP contribution is 2.40. The minimum Gasteiger partial charge on any atom is -0.497 e. The first-order chi connectivity index (χ1) is 15.0. The number of rotatable bonds is 6. The lowest BCUT2D eigenvalue weighted by Gasteiger charge is -2.38. The number of amides is 1. The van der Waals surface area contributed by atoms with Crippen LogP contribution in [0, 0.1) is 0 Å². The summed E-state index contributed by atoms with van der Waals surface area (Å²) in [6.07, 6.45) is 0.429. The molecule has 4 rings (SSSR count). The van der Waals surface area contributed by atoms with Gasteiger partial charge < -0.3 is 19.5 Å². The van der Waals surface area contributed by atoms with Crippen LogP contribution in [0.5, 0.6) is 11.6 Å². The summed E-state index contributed by atoms with van der Waals surface area (Å²) in [5, 5.41) is 15.4. The monoisotopic (exact) mass is 445 g/mol. The summed E-state index contributed by atoms with van der Waals surface area (Å²) in [5.41, 5.74) is 1.03. The Kier molecular flexibility index (Phi) is 6.28. The fourth-order valence-electron chi connectivity index (χ4n) is 3.81. The molecule has 0 unspecified atom stereocenters. The van der Waals surface area contributed by atoms with Gasteiger partial charge >= 0.3 is 6.09 Å². The van der Waals surface area contributed by atoms with Crippen molar-refractivity contribution < 1.29 is 19.4 Å². The first kappa shape index (κ1) is 21.4. The van der Waals surface area contributed by atoms with E-state index in [0.717, 1.165) is 16.2 Å². The topological polar surface area (TPSA) is 92.4 Å². The Labute approximate surface area is 184 Å². The lowest BCUT2D eigenvalue weighted by atomic mass is 10.0. The number of nitrogens with zero attached hydrogens (tertiary/aromatic N) is 5. The number of aryl methyl sites for hydroxylation is 1. The summed E-state index contributed by atoms with van der Waals surface area (Å²) < 4.78 is 12.0. The molecule has 3 aromatic rings. The van der Waals surface area contributed by atoms with E-state index in [9.17, 15) is 9.90 Å². The summed E-state index contributed by atoms with van der Waals surface area (Å²) in [5.74, 6) is 1.59. The molecular weight excluding hydrogens is 418 g/mol. The number of benzene rings is 1. The van der Waals surface area contributed by atoms with E-state index >= 15 is 0 Å². The van der Waals surface area contributed by atoms with E-state index in [1.165, 1.54) is 15.9 Å². The smallest absolute Gasteiger partial charge is 0.409 e. The van der Waals surface area contributed by atoms with Gasteiger partial charge in [-0.1, -0.05) is 30.4 Å². The average molecular weight is 446 g/mol. The van der Waals surface area contributed by atoms with Crippen LogP contribution in [0.1, 0.15) is 36.2 Å². The van der Waals surface area contributed by atoms with E-state index in [2.05, 4.69) is 15.0 Å². The molecule has 1 atom stereocenters. The lowest BCUT2D eigenvalue weighted by Crippen LogP contribution is -2.49. The van der Waals surface area contributed by atoms with Crippen LogP contribution in [0.4, 0.5) is 4.79 Å². The Hall–Kier alpha value is -2.85. The molecule has 9 nitrogen and oxygen atoms in total. The van der Waals surface area contributed by atoms with Crippen LogP contribution in [0.3, 0.4) is 0 Å². The highest BCUT2D eigenvalue weighted by molar-refractivity contribution is 7.17. The van der Waals surface area contributed by atoms with E-state index in [1.807, 2.05) is 38.1 Å². The molecule has 10 heteroatoms. The van der Waals surface area contributed by atoms with Crippen LogP contribution in [0.2, 0.25) is 0 Å². The first-order valence-corrected chi connectivity index (χ1v) is 11.2. The molecule has 3 heterocycles. The number of carbonyl (C=O) groups is 1. The number of hydrogen-bond donors (Lipinski definition) is 1. The molecule has 1 saturated heterocycles. The number of ether oxygens (including phenoxy) is 2. The molecule has 1 amide bonds. The Bertz CT molecular complexity index is 1040. The molecular formula is C21H27N5O4S. The maximum Gasteiger partial charge on any atom is 0.409 e. The van der Waals surface area contributed by atoms with Crippen molar-refractivity contribution >= 4 is 22.4 Å². The molecule has 1 fully saturated rings. The fourth-order valence-corrected chi connectivity index (χ4v) is 4.95. The van der Waals surface area contributed by atoms with Gasteiger partial charge in [0.25, 0.3) is 0 Å². The van der Waals surface area contributed by atoms with Crippen molar-refractivity contribution in [3.63, 3.8) is 0 Å². The fraction of sp³-hybridized carbons (Fsp3) is 0.476. The lowest BCUT2D eigenvalue weighted by molar-refractivity contribution is 0.0715. The van der Waals surface area contributed by atoms with Gasteiger partial charge in [-0.25, -0.2) is 9.78 Å². The number of fused-ring (bicyclic) bond motifs is 1. The predicted molar refractivity (Wildman–Crippen MR) is 117 cm³/mol. The van der Waals surface area contributed by atoms with Crippen LogP contribution in [0.25, 0.3) is 4.96 Å². The molecule has 1 N–H and O–H groups in total. The molecule has 0 bridgehead atoms. The van der Waals surface area contributed by atoms with Crippen molar-refractivity contribution in [1.82, 2.24) is 24.4 Å². The second-order valence-corrected chi connectivity index (χ2v) is 8.27. The second kappa shape index (κ2) is 9.11. The number of piperazine rings is 1. The number of carbonyl (C=O) groups excluding carboxylic acids is 1. The molecule has 1 aromatic carbocycles. The third-order valence-electron chi connectivity index (χ3n) is 5.45. The van der Waals surface area contributed by atoms with Crippen molar-refractivity contribution in [2.24, 2.45) is 0 Å². The minimum atomic E-state index is -0.281. The zero-order valence-corrected chi connectivity index (χ0v) is 18.8. The molecule has 1 aliphatic rings. The van der Waals surface area contributed by atoms with E-state index in [1.54, 1.807) is 12.0 Å². The predicted octanol–water partition coefficient (Wildman–Crippen LogP) is 2.93. The number of aromatic hydroxyl groups is 1. The summed E-state index contributed by atoms with van der Waals surface area (Å²) in [6, 6.07) is 7.66. The van der Waals surface area contributed by atoms with Crippen LogP contribution in [-0.4, -0.2) is 75.5 Å². The number of methoxy groups -OCH3 is 1. The van der Waals surface area contributed by atoms with Gasteiger partial charge in [-0.05, 0) is 24.6 Å². The summed E-state index contributed by atoms with van der Waals surface area (Å²) in [7, 11) is 1.64. The van der Waals surface area contributed by atoms with Crippen LogP contribution in [0.15, 0.2) is 24.3 Å². The van der Waals surface area contributed by atoms with Crippen LogP contribution >= 0.6 is 11.3 Å². The van der Waals surface area contributed by atoms with Gasteiger partial charge in [-0.2, -0.15) is 4.52 Å². The Morgan fingerprint density at radius 3 is 2.48 bits per heavy atom. The molecule has 31 heavy (non-hydrogen) atoms. The summed E-state index contributed by atoms with van der Waals surface area (Å²) in [4.78, 5) is 22.1. The van der Waals surface area contributed by atoms with Crippen LogP contribution < -0.4 is 4.74 Å². The summed E-state index contributed by atoms with van der Waals surface area (Å²) in [6.45, 7) is 6.59. The zero-order valence-electron chi connectivity index (χ0n) is 17.9. The quantitative estimate of drug-likeness (QED) is 0.624. The average Bonchev–Trinajstić information content (AvgIpc) is 3.34. The van der Waals surface area contributed by atoms with Gasteiger partial charge in [-0.15, -0.1) is 5.10 Å². The van der Waals surface area contributed by atoms with Gasteiger partial charge in [0.15, 0.2) is 5.82 Å². The minimum absolute atomic E-state index is 0.112. The van der Waals surface area contributed by atoms with Crippen LogP contribution in [-0.2, 0) is 11.2 Å². The molecule has 166 valence electrons. The van der Waals surface area contributed by atoms with E-state index < -0.39 is 0 Å². The first-order valence-electron chi connectivity index (χ1n) is 10.4. The van der Waals surface area contributed by atoms with Crippen molar-refractivity contribution in [1.29, 1.82) is 0 Å². The maximum absolute atomic E-state index is 12.1. The van der Waals surface area contributed by atoms with Crippen molar-refractivity contribution in [3.8, 4) is 11.6 Å². The molecule has 0 aliphatic carbocycles. The number of thiazole rings is 1. The standard InChI is InChI=1S/C21H27N5O4S/c1-4-16-22-20-26(23-16)19(27)18(31-20)17(14-6-8-15(29-3)9-7-14)24-10-12-25(13-11-24)21(28)30-5-2/h6-9,17,27H,4-5,10-13H2,1-3H3/t17-/m1/s1. The molecule has 0 spiro atoms. The number of hydrogen-bond acceptors (Lipinski definition) is 8. The van der Waals surface area contributed by atoms with E-state index in [-0.39, 0.29) is 18.0 Å². The van der Waals surface area contributed by atoms with Gasteiger partial charge in [0, 0.05) is 32.6 Å². The second-order valence-electron chi connectivity index (χ2n) is 7.26. The van der Waals surface area contributed by atoms with Gasteiger partial charge in [0.2, 0.25) is 10.8 Å². The Morgan fingerprint density at radius 2 is 1.90 bits per heavy atom. The van der Waals surface area contributed by atoms with E-state index in [0.29, 0.717) is 50.0 Å². The highest BCUT2D eigenvalue weighted by atomic mass is 32.1. The number of aromatic nitrogens is 3. The molecule has 1 aliphatic heterocycles. The van der Waals surface area contributed by atoms with Gasteiger partial charge in [0.1, 0.15) is 5.75 Å². The normalized spacial score (nSPS) is 15.9.